The van der Waals surface area contributed by atoms with Gasteiger partial charge in [-0.3, -0.25) is 0 Å². The third-order valence-corrected chi connectivity index (χ3v) is 9.01. The van der Waals surface area contributed by atoms with Crippen molar-refractivity contribution in [3.63, 3.8) is 0 Å². The zero-order chi connectivity index (χ0) is 32.6. The molecule has 0 aliphatic rings. The molecule has 8 aromatic carbocycles. The second-order valence-corrected chi connectivity index (χ2v) is 12.0. The second-order valence-electron chi connectivity index (χ2n) is 12.0. The number of hydrogen-bond acceptors (Lipinski definition) is 4. The maximum Gasteiger partial charge on any atom is 0.227 e. The number of anilines is 6. The standard InChI is InChI=1S/C45H31N3O/c1-5-16-32(17-6-1)45-46-41-29-28-33-30-42(39-26-13-14-27-40(39)43(33)44(41)49-45)48(36-22-11-4-12-23-36)38-25-15-24-37(31-38)47(34-18-7-2-8-19-34)35-20-9-3-10-21-35/h1-31H. The Morgan fingerprint density at radius 2 is 0.918 bits per heavy atom. The van der Waals surface area contributed by atoms with E-state index in [4.69, 9.17) is 9.40 Å². The van der Waals surface area contributed by atoms with E-state index in [-0.39, 0.29) is 0 Å². The number of aromatic nitrogens is 1. The first-order chi connectivity index (χ1) is 24.3. The molecule has 0 saturated carbocycles. The first-order valence-electron chi connectivity index (χ1n) is 16.5. The van der Waals surface area contributed by atoms with Crippen molar-refractivity contribution < 1.29 is 4.42 Å². The van der Waals surface area contributed by atoms with Crippen molar-refractivity contribution in [1.29, 1.82) is 0 Å². The van der Waals surface area contributed by atoms with Crippen LogP contribution in [0.1, 0.15) is 0 Å². The SMILES string of the molecule is c1ccc(-c2nc3ccc4cc(N(c5ccccc5)c5cccc(N(c6ccccc6)c6ccccc6)c5)c5ccccc5c4c3o2)cc1. The van der Waals surface area contributed by atoms with Crippen molar-refractivity contribution in [3.8, 4) is 11.5 Å². The molecule has 9 rings (SSSR count). The molecule has 0 bridgehead atoms. The average molecular weight is 630 g/mol. The zero-order valence-electron chi connectivity index (χ0n) is 26.6. The number of fused-ring (bicyclic) bond motifs is 5. The van der Waals surface area contributed by atoms with E-state index in [1.807, 2.05) is 30.3 Å². The minimum Gasteiger partial charge on any atom is -0.435 e. The van der Waals surface area contributed by atoms with Gasteiger partial charge in [-0.25, -0.2) is 4.98 Å². The number of nitrogens with zero attached hydrogens (tertiary/aromatic N) is 3. The largest absolute Gasteiger partial charge is 0.435 e. The van der Waals surface area contributed by atoms with E-state index >= 15 is 0 Å². The Hall–Kier alpha value is -6.65. The predicted octanol–water partition coefficient (Wildman–Crippen LogP) is 12.7. The maximum absolute atomic E-state index is 6.54. The van der Waals surface area contributed by atoms with E-state index in [9.17, 15) is 0 Å². The first kappa shape index (κ1) is 28.6. The van der Waals surface area contributed by atoms with Gasteiger partial charge in [-0.2, -0.15) is 0 Å². The van der Waals surface area contributed by atoms with Crippen LogP contribution in [-0.4, -0.2) is 4.98 Å². The van der Waals surface area contributed by atoms with Crippen LogP contribution in [0, 0.1) is 0 Å². The van der Waals surface area contributed by atoms with Gasteiger partial charge in [0.05, 0.1) is 5.69 Å². The summed E-state index contributed by atoms with van der Waals surface area (Å²) in [4.78, 5) is 9.55. The van der Waals surface area contributed by atoms with Crippen molar-refractivity contribution >= 4 is 66.8 Å². The van der Waals surface area contributed by atoms with Crippen LogP contribution in [0.4, 0.5) is 34.1 Å². The molecule has 0 unspecified atom stereocenters. The summed E-state index contributed by atoms with van der Waals surface area (Å²) in [6.07, 6.45) is 0. The molecule has 232 valence electrons. The summed E-state index contributed by atoms with van der Waals surface area (Å²) in [5.41, 5.74) is 9.07. The third-order valence-electron chi connectivity index (χ3n) is 9.01. The lowest BCUT2D eigenvalue weighted by atomic mass is 9.98. The molecule has 0 saturated heterocycles. The molecule has 0 N–H and O–H groups in total. The molecule has 0 aliphatic carbocycles. The van der Waals surface area contributed by atoms with Gasteiger partial charge in [0.15, 0.2) is 5.58 Å². The smallest absolute Gasteiger partial charge is 0.227 e. The zero-order valence-corrected chi connectivity index (χ0v) is 26.6. The molecule has 1 heterocycles. The van der Waals surface area contributed by atoms with E-state index < -0.39 is 0 Å². The fourth-order valence-electron chi connectivity index (χ4n) is 6.82. The molecule has 9 aromatic rings. The van der Waals surface area contributed by atoms with E-state index in [0.717, 1.165) is 72.3 Å². The number of hydrogen-bond donors (Lipinski definition) is 0. The van der Waals surface area contributed by atoms with Crippen LogP contribution in [0.3, 0.4) is 0 Å². The van der Waals surface area contributed by atoms with Gasteiger partial charge in [0, 0.05) is 44.8 Å². The van der Waals surface area contributed by atoms with Crippen molar-refractivity contribution in [2.75, 3.05) is 9.80 Å². The molecule has 1 aromatic heterocycles. The Bertz CT molecular complexity index is 2510. The van der Waals surface area contributed by atoms with Crippen LogP contribution in [0.2, 0.25) is 0 Å². The molecule has 4 heteroatoms. The number of rotatable bonds is 7. The third kappa shape index (κ3) is 5.16. The Labute approximate surface area is 284 Å². The highest BCUT2D eigenvalue weighted by atomic mass is 16.3. The molecule has 0 atom stereocenters. The summed E-state index contributed by atoms with van der Waals surface area (Å²) in [5, 5.41) is 4.39. The fraction of sp³-hybridized carbons (Fsp3) is 0. The number of benzene rings is 8. The lowest BCUT2D eigenvalue weighted by molar-refractivity contribution is 0.623. The van der Waals surface area contributed by atoms with Crippen LogP contribution in [0.5, 0.6) is 0 Å². The van der Waals surface area contributed by atoms with Gasteiger partial charge in [0.25, 0.3) is 0 Å². The van der Waals surface area contributed by atoms with Gasteiger partial charge >= 0.3 is 0 Å². The molecule has 0 aliphatic heterocycles. The Morgan fingerprint density at radius 3 is 1.55 bits per heavy atom. The maximum atomic E-state index is 6.54. The average Bonchev–Trinajstić information content (AvgIpc) is 3.62. The highest BCUT2D eigenvalue weighted by Crippen LogP contribution is 2.45. The molecular weight excluding hydrogens is 599 g/mol. The Kier molecular flexibility index (Phi) is 7.10. The van der Waals surface area contributed by atoms with Crippen LogP contribution < -0.4 is 9.80 Å². The molecular formula is C45H31N3O. The molecule has 0 spiro atoms. The van der Waals surface area contributed by atoms with Gasteiger partial charge in [-0.05, 0) is 89.6 Å². The van der Waals surface area contributed by atoms with Crippen molar-refractivity contribution in [2.45, 2.75) is 0 Å². The lowest BCUT2D eigenvalue weighted by Gasteiger charge is -2.30. The number of oxazole rings is 1. The van der Waals surface area contributed by atoms with Gasteiger partial charge < -0.3 is 14.2 Å². The Morgan fingerprint density at radius 1 is 0.408 bits per heavy atom. The monoisotopic (exact) mass is 629 g/mol. The van der Waals surface area contributed by atoms with Crippen LogP contribution >= 0.6 is 0 Å². The molecule has 0 radical (unpaired) electrons. The topological polar surface area (TPSA) is 32.5 Å². The van der Waals surface area contributed by atoms with E-state index in [1.54, 1.807) is 0 Å². The summed E-state index contributed by atoms with van der Waals surface area (Å²) in [5.74, 6) is 0.625. The van der Waals surface area contributed by atoms with Crippen molar-refractivity contribution in [1.82, 2.24) is 4.98 Å². The lowest BCUT2D eigenvalue weighted by Crippen LogP contribution is -2.13. The minimum atomic E-state index is 0.625. The Balaban J connectivity index is 1.27. The highest BCUT2D eigenvalue weighted by molar-refractivity contribution is 6.22. The van der Waals surface area contributed by atoms with Crippen molar-refractivity contribution in [2.24, 2.45) is 0 Å². The van der Waals surface area contributed by atoms with E-state index in [0.29, 0.717) is 5.89 Å². The van der Waals surface area contributed by atoms with Gasteiger partial charge in [-0.1, -0.05) is 109 Å². The predicted molar refractivity (Wildman–Crippen MR) is 204 cm³/mol. The molecule has 0 fully saturated rings. The molecule has 4 nitrogen and oxygen atoms in total. The summed E-state index contributed by atoms with van der Waals surface area (Å²) in [6, 6.07) is 65.7. The van der Waals surface area contributed by atoms with Crippen LogP contribution in [-0.2, 0) is 0 Å². The summed E-state index contributed by atoms with van der Waals surface area (Å²) < 4.78 is 6.54. The second kappa shape index (κ2) is 12.2. The molecule has 0 amide bonds. The fourth-order valence-corrected chi connectivity index (χ4v) is 6.82. The summed E-state index contributed by atoms with van der Waals surface area (Å²) in [7, 11) is 0. The summed E-state index contributed by atoms with van der Waals surface area (Å²) >= 11 is 0. The molecule has 49 heavy (non-hydrogen) atoms. The highest BCUT2D eigenvalue weighted by Gasteiger charge is 2.21. The van der Waals surface area contributed by atoms with Crippen LogP contribution in [0.15, 0.2) is 192 Å². The minimum absolute atomic E-state index is 0.625. The normalized spacial score (nSPS) is 11.3. The summed E-state index contributed by atoms with van der Waals surface area (Å²) in [6.45, 7) is 0. The van der Waals surface area contributed by atoms with Gasteiger partial charge in [0.2, 0.25) is 5.89 Å². The van der Waals surface area contributed by atoms with E-state index in [2.05, 4.69) is 168 Å². The first-order valence-corrected chi connectivity index (χ1v) is 16.5. The van der Waals surface area contributed by atoms with Crippen molar-refractivity contribution in [3.05, 3.63) is 188 Å². The van der Waals surface area contributed by atoms with E-state index in [1.165, 1.54) is 0 Å². The van der Waals surface area contributed by atoms with Crippen LogP contribution in [0.25, 0.3) is 44.1 Å². The van der Waals surface area contributed by atoms with Gasteiger partial charge in [-0.15, -0.1) is 0 Å². The quantitative estimate of drug-likeness (QED) is 0.164. The number of para-hydroxylation sites is 3. The van der Waals surface area contributed by atoms with Gasteiger partial charge in [0.1, 0.15) is 5.52 Å².